The van der Waals surface area contributed by atoms with Crippen LogP contribution in [0.15, 0.2) is 18.5 Å². The number of ether oxygens (including phenoxy) is 1. The molecule has 1 aromatic heterocycles. The topological polar surface area (TPSA) is 58.6 Å². The average Bonchev–Trinajstić information content (AvgIpc) is 2.90. The lowest BCUT2D eigenvalue weighted by Gasteiger charge is -2.44. The van der Waals surface area contributed by atoms with E-state index in [1.807, 2.05) is 11.8 Å². The van der Waals surface area contributed by atoms with E-state index in [1.54, 1.807) is 18.5 Å². The van der Waals surface area contributed by atoms with Crippen LogP contribution in [-0.4, -0.2) is 70.6 Å². The first-order chi connectivity index (χ1) is 11.2. The van der Waals surface area contributed by atoms with E-state index in [0.717, 1.165) is 39.1 Å². The molecule has 1 amide bonds. The van der Waals surface area contributed by atoms with Gasteiger partial charge < -0.3 is 9.64 Å². The Kier molecular flexibility index (Phi) is 4.92. The third kappa shape index (κ3) is 3.23. The summed E-state index contributed by atoms with van der Waals surface area (Å²) in [5.41, 5.74) is 0.232. The molecular weight excluding hydrogens is 292 g/mol. The summed E-state index contributed by atoms with van der Waals surface area (Å²) >= 11 is 0. The van der Waals surface area contributed by atoms with Crippen LogP contribution in [0.2, 0.25) is 0 Å². The van der Waals surface area contributed by atoms with E-state index in [2.05, 4.69) is 21.9 Å². The van der Waals surface area contributed by atoms with Gasteiger partial charge in [0.15, 0.2) is 0 Å². The molecule has 1 unspecified atom stereocenters. The number of likely N-dealkylation sites (tertiary alicyclic amines) is 2. The quantitative estimate of drug-likeness (QED) is 0.843. The van der Waals surface area contributed by atoms with Crippen LogP contribution in [0.25, 0.3) is 0 Å². The van der Waals surface area contributed by atoms with Crippen molar-refractivity contribution in [3.8, 4) is 0 Å². The van der Waals surface area contributed by atoms with Gasteiger partial charge in [0.05, 0.1) is 6.61 Å². The number of piperidine rings is 1. The molecular formula is C17H26N4O2. The van der Waals surface area contributed by atoms with Crippen LogP contribution in [-0.2, 0) is 4.74 Å². The van der Waals surface area contributed by atoms with Crippen LogP contribution >= 0.6 is 0 Å². The molecule has 1 spiro atoms. The van der Waals surface area contributed by atoms with Crippen molar-refractivity contribution >= 4 is 5.91 Å². The molecule has 0 bridgehead atoms. The molecule has 1 atom stereocenters. The van der Waals surface area contributed by atoms with Gasteiger partial charge in [0.2, 0.25) is 5.82 Å². The molecule has 2 aliphatic rings. The number of aromatic nitrogens is 2. The van der Waals surface area contributed by atoms with Gasteiger partial charge in [0.25, 0.3) is 5.91 Å². The zero-order chi connectivity index (χ0) is 16.3. The summed E-state index contributed by atoms with van der Waals surface area (Å²) in [4.78, 5) is 25.0. The summed E-state index contributed by atoms with van der Waals surface area (Å²) in [5.74, 6) is 0.254. The van der Waals surface area contributed by atoms with Gasteiger partial charge in [-0.15, -0.1) is 0 Å². The Balaban J connectivity index is 1.59. The van der Waals surface area contributed by atoms with Gasteiger partial charge in [-0.2, -0.15) is 0 Å². The lowest BCUT2D eigenvalue weighted by molar-refractivity contribution is 0.0207. The van der Waals surface area contributed by atoms with E-state index in [-0.39, 0.29) is 11.4 Å². The van der Waals surface area contributed by atoms with Crippen molar-refractivity contribution in [2.45, 2.75) is 44.2 Å². The number of carbonyl (C=O) groups is 1. The number of rotatable bonds is 4. The van der Waals surface area contributed by atoms with Gasteiger partial charge >= 0.3 is 0 Å². The highest BCUT2D eigenvalue weighted by molar-refractivity contribution is 5.90. The van der Waals surface area contributed by atoms with Gasteiger partial charge in [-0.25, -0.2) is 9.97 Å². The van der Waals surface area contributed by atoms with Crippen LogP contribution in [0.4, 0.5) is 0 Å². The Morgan fingerprint density at radius 1 is 1.30 bits per heavy atom. The molecule has 2 saturated heterocycles. The number of carbonyl (C=O) groups excluding carboxylic acids is 1. The summed E-state index contributed by atoms with van der Waals surface area (Å²) in [5, 5.41) is 0. The molecule has 0 N–H and O–H groups in total. The van der Waals surface area contributed by atoms with E-state index in [0.29, 0.717) is 11.9 Å². The predicted molar refractivity (Wildman–Crippen MR) is 87.2 cm³/mol. The van der Waals surface area contributed by atoms with Gasteiger partial charge in [0, 0.05) is 43.7 Å². The fourth-order valence-corrected chi connectivity index (χ4v) is 3.92. The van der Waals surface area contributed by atoms with Crippen molar-refractivity contribution in [1.29, 1.82) is 0 Å². The zero-order valence-corrected chi connectivity index (χ0v) is 14.1. The van der Waals surface area contributed by atoms with E-state index in [9.17, 15) is 4.79 Å². The molecule has 1 aromatic rings. The molecule has 0 aromatic carbocycles. The molecule has 23 heavy (non-hydrogen) atoms. The minimum atomic E-state index is -0.0491. The average molecular weight is 318 g/mol. The van der Waals surface area contributed by atoms with Crippen molar-refractivity contribution in [2.24, 2.45) is 0 Å². The molecule has 0 aliphatic carbocycles. The summed E-state index contributed by atoms with van der Waals surface area (Å²) < 4.78 is 5.62. The van der Waals surface area contributed by atoms with Gasteiger partial charge in [-0.1, -0.05) is 0 Å². The highest BCUT2D eigenvalue weighted by Gasteiger charge is 2.46. The van der Waals surface area contributed by atoms with E-state index in [4.69, 9.17) is 4.74 Å². The first-order valence-electron chi connectivity index (χ1n) is 8.53. The Morgan fingerprint density at radius 2 is 2.00 bits per heavy atom. The third-order valence-electron chi connectivity index (χ3n) is 5.49. The van der Waals surface area contributed by atoms with Gasteiger partial charge in [0.1, 0.15) is 0 Å². The van der Waals surface area contributed by atoms with E-state index in [1.165, 1.54) is 12.8 Å². The van der Waals surface area contributed by atoms with Gasteiger partial charge in [-0.3, -0.25) is 9.69 Å². The molecule has 6 nitrogen and oxygen atoms in total. The second-order valence-corrected chi connectivity index (χ2v) is 6.55. The minimum Gasteiger partial charge on any atom is -0.380 e. The van der Waals surface area contributed by atoms with Crippen LogP contribution in [0.1, 0.15) is 43.2 Å². The Hall–Kier alpha value is -1.53. The summed E-state index contributed by atoms with van der Waals surface area (Å²) in [6.07, 6.45) is 7.66. The highest BCUT2D eigenvalue weighted by atomic mass is 16.5. The monoisotopic (exact) mass is 318 g/mol. The molecule has 0 radical (unpaired) electrons. The van der Waals surface area contributed by atoms with Crippen molar-refractivity contribution in [3.05, 3.63) is 24.3 Å². The van der Waals surface area contributed by atoms with Crippen molar-refractivity contribution in [1.82, 2.24) is 19.8 Å². The lowest BCUT2D eigenvalue weighted by atomic mass is 9.85. The first-order valence-corrected chi connectivity index (χ1v) is 8.53. The van der Waals surface area contributed by atoms with E-state index >= 15 is 0 Å². The fraction of sp³-hybridized carbons (Fsp3) is 0.706. The lowest BCUT2D eigenvalue weighted by Crippen LogP contribution is -2.54. The number of amides is 1. The van der Waals surface area contributed by atoms with Crippen molar-refractivity contribution in [3.63, 3.8) is 0 Å². The molecule has 0 saturated carbocycles. The SMILES string of the molecule is CCOCC1CCC2(CCN(C(=O)c3ncccn3)CC2)N1C. The smallest absolute Gasteiger partial charge is 0.291 e. The first kappa shape index (κ1) is 16.3. The maximum Gasteiger partial charge on any atom is 0.291 e. The predicted octanol–water partition coefficient (Wildman–Crippen LogP) is 1.58. The third-order valence-corrected chi connectivity index (χ3v) is 5.49. The zero-order valence-electron chi connectivity index (χ0n) is 14.1. The number of hydrogen-bond donors (Lipinski definition) is 0. The Labute approximate surface area is 137 Å². The maximum atomic E-state index is 12.5. The summed E-state index contributed by atoms with van der Waals surface area (Å²) in [7, 11) is 2.22. The Morgan fingerprint density at radius 3 is 2.65 bits per heavy atom. The molecule has 2 fully saturated rings. The van der Waals surface area contributed by atoms with Crippen LogP contribution in [0, 0.1) is 0 Å². The summed E-state index contributed by atoms with van der Waals surface area (Å²) in [6, 6.07) is 2.24. The fourth-order valence-electron chi connectivity index (χ4n) is 3.92. The molecule has 3 rings (SSSR count). The molecule has 6 heteroatoms. The van der Waals surface area contributed by atoms with E-state index < -0.39 is 0 Å². The standard InChI is InChI=1S/C17H26N4O2/c1-3-23-13-14-5-6-17(20(14)2)7-11-21(12-8-17)16(22)15-18-9-4-10-19-15/h4,9-10,14H,3,5-8,11-13H2,1-2H3. The molecule has 126 valence electrons. The highest BCUT2D eigenvalue weighted by Crippen LogP contribution is 2.40. The number of hydrogen-bond acceptors (Lipinski definition) is 5. The van der Waals surface area contributed by atoms with Crippen molar-refractivity contribution < 1.29 is 9.53 Å². The largest absolute Gasteiger partial charge is 0.380 e. The van der Waals surface area contributed by atoms with Crippen LogP contribution in [0.3, 0.4) is 0 Å². The second-order valence-electron chi connectivity index (χ2n) is 6.55. The van der Waals surface area contributed by atoms with Crippen LogP contribution < -0.4 is 0 Å². The minimum absolute atomic E-state index is 0.0491. The van der Waals surface area contributed by atoms with Crippen LogP contribution in [0.5, 0.6) is 0 Å². The number of nitrogens with zero attached hydrogens (tertiary/aromatic N) is 4. The Bertz CT molecular complexity index is 529. The van der Waals surface area contributed by atoms with Crippen molar-refractivity contribution in [2.75, 3.05) is 33.4 Å². The normalized spacial score (nSPS) is 24.3. The molecule has 3 heterocycles. The molecule has 2 aliphatic heterocycles. The summed E-state index contributed by atoms with van der Waals surface area (Å²) in [6.45, 7) is 5.19. The number of likely N-dealkylation sites (N-methyl/N-ethyl adjacent to an activating group) is 1. The maximum absolute atomic E-state index is 12.5. The van der Waals surface area contributed by atoms with Gasteiger partial charge in [-0.05, 0) is 45.7 Å². The second kappa shape index (κ2) is 6.93.